The molecule has 0 radical (unpaired) electrons. The van der Waals surface area contributed by atoms with Crippen LogP contribution in [0.5, 0.6) is 5.75 Å². The molecule has 0 aliphatic carbocycles. The average molecular weight is 336 g/mol. The normalized spacial score (nSPS) is 14.1. The van der Waals surface area contributed by atoms with Gasteiger partial charge in [0.05, 0.1) is 17.1 Å². The molecule has 2 heterocycles. The number of hydrogen-bond acceptors (Lipinski definition) is 5. The number of amides is 1. The molecule has 1 aromatic heterocycles. The zero-order chi connectivity index (χ0) is 16.6. The van der Waals surface area contributed by atoms with E-state index in [9.17, 15) is 13.2 Å². The molecule has 0 saturated carbocycles. The summed E-state index contributed by atoms with van der Waals surface area (Å²) < 4.78 is 38.1. The largest absolute Gasteiger partial charge is 0.482 e. The molecule has 1 amide bonds. The van der Waals surface area contributed by atoms with Crippen LogP contribution < -0.4 is 14.8 Å². The summed E-state index contributed by atoms with van der Waals surface area (Å²) in [7, 11) is -3.73. The maximum absolute atomic E-state index is 12.5. The van der Waals surface area contributed by atoms with Gasteiger partial charge in [-0.1, -0.05) is 0 Å². The molecular formula is C15H16N2O5S. The number of aryl methyl sites for hydroxylation is 2. The first-order valence-corrected chi connectivity index (χ1v) is 8.46. The van der Waals surface area contributed by atoms with Crippen LogP contribution in [0.2, 0.25) is 0 Å². The van der Waals surface area contributed by atoms with E-state index in [2.05, 4.69) is 10.0 Å². The Morgan fingerprint density at radius 1 is 1.26 bits per heavy atom. The molecule has 8 heteroatoms. The number of fused-ring (bicyclic) bond motifs is 1. The molecule has 2 N–H and O–H groups in total. The number of ether oxygens (including phenoxy) is 1. The number of hydrogen-bond donors (Lipinski definition) is 2. The highest BCUT2D eigenvalue weighted by Gasteiger charge is 2.23. The quantitative estimate of drug-likeness (QED) is 0.886. The third-order valence-electron chi connectivity index (χ3n) is 3.43. The molecule has 3 rings (SSSR count). The number of carbonyl (C=O) groups is 1. The molecule has 0 bridgehead atoms. The van der Waals surface area contributed by atoms with Gasteiger partial charge in [0.25, 0.3) is 5.91 Å². The SMILES string of the molecule is Cc1ccc(CNS(=O)(=O)c2cc3c(cc2C)NC(=O)CO3)o1. The summed E-state index contributed by atoms with van der Waals surface area (Å²) in [6.07, 6.45) is 0. The number of sulfonamides is 1. The predicted molar refractivity (Wildman–Crippen MR) is 82.8 cm³/mol. The molecule has 0 spiro atoms. The molecular weight excluding hydrogens is 320 g/mol. The molecule has 122 valence electrons. The van der Waals surface area contributed by atoms with Crippen molar-refractivity contribution < 1.29 is 22.4 Å². The van der Waals surface area contributed by atoms with Crippen molar-refractivity contribution in [2.75, 3.05) is 11.9 Å². The van der Waals surface area contributed by atoms with Gasteiger partial charge in [-0.2, -0.15) is 0 Å². The second-order valence-electron chi connectivity index (χ2n) is 5.29. The lowest BCUT2D eigenvalue weighted by Gasteiger charge is -2.20. The fourth-order valence-corrected chi connectivity index (χ4v) is 3.56. The molecule has 0 saturated heterocycles. The first-order valence-electron chi connectivity index (χ1n) is 6.97. The van der Waals surface area contributed by atoms with E-state index in [1.807, 2.05) is 0 Å². The lowest BCUT2D eigenvalue weighted by Crippen LogP contribution is -2.27. The van der Waals surface area contributed by atoms with Crippen LogP contribution in [-0.4, -0.2) is 20.9 Å². The molecule has 1 aliphatic rings. The Balaban J connectivity index is 1.86. The number of nitrogens with one attached hydrogen (secondary N) is 2. The van der Waals surface area contributed by atoms with E-state index < -0.39 is 10.0 Å². The summed E-state index contributed by atoms with van der Waals surface area (Å²) in [5, 5.41) is 2.65. The Hall–Kier alpha value is -2.32. The van der Waals surface area contributed by atoms with E-state index in [0.29, 0.717) is 28.5 Å². The Labute approximate surface area is 133 Å². The summed E-state index contributed by atoms with van der Waals surface area (Å²) in [4.78, 5) is 11.4. The van der Waals surface area contributed by atoms with Gasteiger partial charge in [0, 0.05) is 6.07 Å². The lowest BCUT2D eigenvalue weighted by atomic mass is 10.2. The predicted octanol–water partition coefficient (Wildman–Crippen LogP) is 1.71. The summed E-state index contributed by atoms with van der Waals surface area (Å²) in [6, 6.07) is 6.48. The fraction of sp³-hybridized carbons (Fsp3) is 0.267. The number of benzene rings is 1. The minimum absolute atomic E-state index is 0.0598. The zero-order valence-corrected chi connectivity index (χ0v) is 13.5. The summed E-state index contributed by atoms with van der Waals surface area (Å²) >= 11 is 0. The second kappa shape index (κ2) is 5.71. The van der Waals surface area contributed by atoms with Crippen molar-refractivity contribution in [3.05, 3.63) is 41.3 Å². The van der Waals surface area contributed by atoms with Crippen LogP contribution >= 0.6 is 0 Å². The van der Waals surface area contributed by atoms with Crippen molar-refractivity contribution in [1.82, 2.24) is 4.72 Å². The third kappa shape index (κ3) is 3.22. The average Bonchev–Trinajstić information content (AvgIpc) is 2.90. The van der Waals surface area contributed by atoms with Crippen molar-refractivity contribution in [3.8, 4) is 5.75 Å². The summed E-state index contributed by atoms with van der Waals surface area (Å²) in [5.41, 5.74) is 0.983. The smallest absolute Gasteiger partial charge is 0.262 e. The van der Waals surface area contributed by atoms with E-state index in [4.69, 9.17) is 9.15 Å². The van der Waals surface area contributed by atoms with Gasteiger partial charge >= 0.3 is 0 Å². The molecule has 1 aliphatic heterocycles. The van der Waals surface area contributed by atoms with Gasteiger partial charge in [-0.3, -0.25) is 4.79 Å². The van der Waals surface area contributed by atoms with Gasteiger partial charge in [0.1, 0.15) is 17.3 Å². The van der Waals surface area contributed by atoms with Crippen LogP contribution in [0.4, 0.5) is 5.69 Å². The highest BCUT2D eigenvalue weighted by atomic mass is 32.2. The standard InChI is InChI=1S/C15H16N2O5S/c1-9-5-12-13(21-8-15(18)17-12)6-14(9)23(19,20)16-7-11-4-3-10(2)22-11/h3-6,16H,7-8H2,1-2H3,(H,17,18). The molecule has 23 heavy (non-hydrogen) atoms. The minimum Gasteiger partial charge on any atom is -0.482 e. The van der Waals surface area contributed by atoms with Crippen LogP contribution in [0, 0.1) is 13.8 Å². The van der Waals surface area contributed by atoms with Gasteiger partial charge in [-0.15, -0.1) is 0 Å². The Bertz CT molecular complexity index is 870. The third-order valence-corrected chi connectivity index (χ3v) is 4.98. The van der Waals surface area contributed by atoms with Crippen LogP contribution in [0.25, 0.3) is 0 Å². The molecule has 0 atom stereocenters. The zero-order valence-electron chi connectivity index (χ0n) is 12.7. The highest BCUT2D eigenvalue weighted by molar-refractivity contribution is 7.89. The van der Waals surface area contributed by atoms with Gasteiger partial charge in [0.15, 0.2) is 6.61 Å². The number of anilines is 1. The lowest BCUT2D eigenvalue weighted by molar-refractivity contribution is -0.118. The van der Waals surface area contributed by atoms with Crippen molar-refractivity contribution in [2.45, 2.75) is 25.3 Å². The van der Waals surface area contributed by atoms with Crippen molar-refractivity contribution in [1.29, 1.82) is 0 Å². The number of carbonyl (C=O) groups excluding carboxylic acids is 1. The monoisotopic (exact) mass is 336 g/mol. The fourth-order valence-electron chi connectivity index (χ4n) is 2.33. The van der Waals surface area contributed by atoms with Gasteiger partial charge in [-0.05, 0) is 37.6 Å². The van der Waals surface area contributed by atoms with E-state index in [1.165, 1.54) is 6.07 Å². The molecule has 0 unspecified atom stereocenters. The molecule has 2 aromatic rings. The van der Waals surface area contributed by atoms with Crippen molar-refractivity contribution in [2.24, 2.45) is 0 Å². The maximum atomic E-state index is 12.5. The van der Waals surface area contributed by atoms with Crippen LogP contribution in [-0.2, 0) is 21.4 Å². The van der Waals surface area contributed by atoms with Crippen molar-refractivity contribution in [3.63, 3.8) is 0 Å². The van der Waals surface area contributed by atoms with E-state index >= 15 is 0 Å². The van der Waals surface area contributed by atoms with Gasteiger partial charge in [0.2, 0.25) is 10.0 Å². The molecule has 1 aromatic carbocycles. The van der Waals surface area contributed by atoms with Gasteiger partial charge in [-0.25, -0.2) is 13.1 Å². The number of rotatable bonds is 4. The Kier molecular flexibility index (Phi) is 3.87. The van der Waals surface area contributed by atoms with E-state index in [1.54, 1.807) is 32.0 Å². The first-order chi connectivity index (χ1) is 10.8. The number of furan rings is 1. The Morgan fingerprint density at radius 3 is 2.74 bits per heavy atom. The first kappa shape index (κ1) is 15.6. The maximum Gasteiger partial charge on any atom is 0.262 e. The summed E-state index contributed by atoms with van der Waals surface area (Å²) in [5.74, 6) is 1.32. The topological polar surface area (TPSA) is 97.6 Å². The van der Waals surface area contributed by atoms with Crippen LogP contribution in [0.3, 0.4) is 0 Å². The minimum atomic E-state index is -3.73. The van der Waals surface area contributed by atoms with Crippen LogP contribution in [0.15, 0.2) is 33.6 Å². The molecule has 0 fully saturated rings. The summed E-state index contributed by atoms with van der Waals surface area (Å²) in [6.45, 7) is 3.38. The Morgan fingerprint density at radius 2 is 2.04 bits per heavy atom. The van der Waals surface area contributed by atoms with E-state index in [0.717, 1.165) is 0 Å². The van der Waals surface area contributed by atoms with Crippen molar-refractivity contribution >= 4 is 21.6 Å². The van der Waals surface area contributed by atoms with Crippen LogP contribution in [0.1, 0.15) is 17.1 Å². The second-order valence-corrected chi connectivity index (χ2v) is 7.02. The highest BCUT2D eigenvalue weighted by Crippen LogP contribution is 2.32. The van der Waals surface area contributed by atoms with Gasteiger partial charge < -0.3 is 14.5 Å². The van der Waals surface area contributed by atoms with E-state index in [-0.39, 0.29) is 24.0 Å². The molecule has 7 nitrogen and oxygen atoms in total.